The van der Waals surface area contributed by atoms with Crippen LogP contribution in [0.25, 0.3) is 0 Å². The molecule has 1 aliphatic rings. The van der Waals surface area contributed by atoms with E-state index in [9.17, 15) is 9.59 Å². The Kier molecular flexibility index (Phi) is 3.13. The molecule has 0 aliphatic carbocycles. The summed E-state index contributed by atoms with van der Waals surface area (Å²) in [5, 5.41) is 0. The van der Waals surface area contributed by atoms with Gasteiger partial charge in [-0.3, -0.25) is 9.59 Å². The van der Waals surface area contributed by atoms with Crippen LogP contribution in [-0.2, 0) is 0 Å². The van der Waals surface area contributed by atoms with Crippen molar-refractivity contribution >= 4 is 29.5 Å². The second kappa shape index (κ2) is 4.97. The van der Waals surface area contributed by atoms with Crippen LogP contribution >= 0.6 is 0 Å². The Bertz CT molecular complexity index is 729. The lowest BCUT2D eigenvalue weighted by Gasteiger charge is -2.22. The molecule has 6 nitrogen and oxygen atoms in total. The molecule has 106 valence electrons. The Balaban J connectivity index is 2.30. The first kappa shape index (κ1) is 13.2. The smallest absolute Gasteiger partial charge is 0.261 e. The van der Waals surface area contributed by atoms with E-state index in [2.05, 4.69) is 9.97 Å². The number of aromatic nitrogens is 2. The lowest BCUT2D eigenvalue weighted by Crippen LogP contribution is -2.25. The molecular weight excluding hydrogens is 268 g/mol. The third kappa shape index (κ3) is 1.96. The Morgan fingerprint density at radius 3 is 2.81 bits per heavy atom. The zero-order valence-corrected chi connectivity index (χ0v) is 11.8. The summed E-state index contributed by atoms with van der Waals surface area (Å²) in [4.78, 5) is 35.7. The van der Waals surface area contributed by atoms with E-state index >= 15 is 0 Å². The molecule has 0 saturated carbocycles. The summed E-state index contributed by atoms with van der Waals surface area (Å²) < 4.78 is 0. The molecule has 0 fully saturated rings. The van der Waals surface area contributed by atoms with Crippen LogP contribution in [0.3, 0.4) is 0 Å². The van der Waals surface area contributed by atoms with E-state index < -0.39 is 0 Å². The molecule has 0 atom stereocenters. The van der Waals surface area contributed by atoms with Crippen molar-refractivity contribution in [2.75, 3.05) is 23.4 Å². The number of rotatable bonds is 2. The lowest BCUT2D eigenvalue weighted by atomic mass is 10.1. The van der Waals surface area contributed by atoms with E-state index in [-0.39, 0.29) is 5.91 Å². The summed E-state index contributed by atoms with van der Waals surface area (Å²) in [7, 11) is 1.69. The summed E-state index contributed by atoms with van der Waals surface area (Å²) in [6.07, 6.45) is 3.84. The van der Waals surface area contributed by atoms with Crippen molar-refractivity contribution in [3.05, 3.63) is 41.7 Å². The average molecular weight is 282 g/mol. The van der Waals surface area contributed by atoms with Crippen LogP contribution in [0.2, 0.25) is 0 Å². The third-order valence-electron chi connectivity index (χ3n) is 3.51. The first-order chi connectivity index (χ1) is 10.2. The number of amides is 1. The number of carbonyl (C=O) groups is 2. The van der Waals surface area contributed by atoms with Crippen LogP contribution in [0.5, 0.6) is 0 Å². The number of anilines is 3. The maximum absolute atomic E-state index is 12.6. The van der Waals surface area contributed by atoms with Gasteiger partial charge in [0.2, 0.25) is 0 Å². The van der Waals surface area contributed by atoms with Crippen LogP contribution in [0, 0.1) is 0 Å². The van der Waals surface area contributed by atoms with Gasteiger partial charge in [-0.25, -0.2) is 9.97 Å². The average Bonchev–Trinajstić information content (AvgIpc) is 2.62. The number of hydrogen-bond donors (Lipinski definition) is 0. The first-order valence-electron chi connectivity index (χ1n) is 6.63. The van der Waals surface area contributed by atoms with Gasteiger partial charge in [-0.1, -0.05) is 0 Å². The molecule has 1 aliphatic heterocycles. The van der Waals surface area contributed by atoms with Gasteiger partial charge < -0.3 is 9.80 Å². The largest absolute Gasteiger partial charge is 0.309 e. The highest BCUT2D eigenvalue weighted by Crippen LogP contribution is 2.37. The van der Waals surface area contributed by atoms with Gasteiger partial charge in [0.25, 0.3) is 5.91 Å². The van der Waals surface area contributed by atoms with Crippen molar-refractivity contribution in [3.63, 3.8) is 0 Å². The Hall–Kier alpha value is -2.76. The topological polar surface area (TPSA) is 66.4 Å². The van der Waals surface area contributed by atoms with Gasteiger partial charge in [0.1, 0.15) is 5.82 Å². The molecule has 2 aromatic heterocycles. The predicted molar refractivity (Wildman–Crippen MR) is 79.3 cm³/mol. The fourth-order valence-corrected chi connectivity index (χ4v) is 2.46. The minimum absolute atomic E-state index is 0.202. The Morgan fingerprint density at radius 1 is 1.29 bits per heavy atom. The molecule has 0 radical (unpaired) electrons. The van der Waals surface area contributed by atoms with Crippen LogP contribution in [-0.4, -0.2) is 35.8 Å². The number of nitrogens with zero attached hydrogens (tertiary/aromatic N) is 4. The molecule has 0 bridgehead atoms. The molecule has 6 heteroatoms. The van der Waals surface area contributed by atoms with Gasteiger partial charge in [0.15, 0.2) is 12.1 Å². The minimum atomic E-state index is -0.202. The highest BCUT2D eigenvalue weighted by Gasteiger charge is 2.30. The van der Waals surface area contributed by atoms with E-state index in [0.717, 1.165) is 5.69 Å². The van der Waals surface area contributed by atoms with Crippen molar-refractivity contribution in [3.8, 4) is 0 Å². The van der Waals surface area contributed by atoms with E-state index in [1.54, 1.807) is 25.4 Å². The maximum atomic E-state index is 12.6. The van der Waals surface area contributed by atoms with Crippen LogP contribution < -0.4 is 9.80 Å². The summed E-state index contributed by atoms with van der Waals surface area (Å²) in [5.41, 5.74) is 1.50. The summed E-state index contributed by atoms with van der Waals surface area (Å²) in [5.74, 6) is 1.00. The van der Waals surface area contributed by atoms with Crippen LogP contribution in [0.15, 0.2) is 30.6 Å². The van der Waals surface area contributed by atoms with E-state index in [1.165, 1.54) is 11.1 Å². The first-order valence-corrected chi connectivity index (χ1v) is 6.63. The van der Waals surface area contributed by atoms with E-state index in [0.29, 0.717) is 35.6 Å². The molecule has 0 N–H and O–H groups in total. The van der Waals surface area contributed by atoms with Crippen LogP contribution in [0.4, 0.5) is 17.3 Å². The Morgan fingerprint density at radius 2 is 2.10 bits per heavy atom. The molecule has 0 unspecified atom stereocenters. The van der Waals surface area contributed by atoms with Crippen molar-refractivity contribution in [2.45, 2.75) is 6.92 Å². The summed E-state index contributed by atoms with van der Waals surface area (Å²) in [6.45, 7) is 2.58. The second-order valence-corrected chi connectivity index (χ2v) is 4.71. The fraction of sp³-hybridized carbons (Fsp3) is 0.200. The summed E-state index contributed by atoms with van der Waals surface area (Å²) in [6, 6.07) is 5.20. The van der Waals surface area contributed by atoms with Gasteiger partial charge in [-0.05, 0) is 25.1 Å². The number of carbonyl (C=O) groups excluding carboxylic acids is 2. The zero-order chi connectivity index (χ0) is 15.0. The normalized spacial score (nSPS) is 13.5. The van der Waals surface area contributed by atoms with Gasteiger partial charge in [-0.2, -0.15) is 0 Å². The standard InChI is InChI=1S/C15H14N4O2/c1-3-19-13-11(7-10(9-20)8-17-13)15(21)18(2)12-5-4-6-16-14(12)19/h4-9H,3H2,1-2H3. The molecule has 2 aromatic rings. The number of hydrogen-bond acceptors (Lipinski definition) is 5. The molecule has 0 aromatic carbocycles. The molecular formula is C15H14N4O2. The molecule has 21 heavy (non-hydrogen) atoms. The number of pyridine rings is 2. The van der Waals surface area contributed by atoms with E-state index in [4.69, 9.17) is 0 Å². The quantitative estimate of drug-likeness (QED) is 0.788. The zero-order valence-electron chi connectivity index (χ0n) is 11.8. The van der Waals surface area contributed by atoms with Gasteiger partial charge in [-0.15, -0.1) is 0 Å². The highest BCUT2D eigenvalue weighted by atomic mass is 16.2. The van der Waals surface area contributed by atoms with Crippen LogP contribution in [0.1, 0.15) is 27.6 Å². The molecule has 3 heterocycles. The molecule has 0 saturated heterocycles. The van der Waals surface area contributed by atoms with E-state index in [1.807, 2.05) is 17.9 Å². The minimum Gasteiger partial charge on any atom is -0.309 e. The van der Waals surface area contributed by atoms with Crippen molar-refractivity contribution in [1.82, 2.24) is 9.97 Å². The molecule has 0 spiro atoms. The maximum Gasteiger partial charge on any atom is 0.261 e. The number of aldehydes is 1. The van der Waals surface area contributed by atoms with Gasteiger partial charge in [0.05, 0.1) is 11.3 Å². The predicted octanol–water partition coefficient (Wildman–Crippen LogP) is 2.04. The Labute approximate surface area is 122 Å². The highest BCUT2D eigenvalue weighted by molar-refractivity contribution is 6.13. The summed E-state index contributed by atoms with van der Waals surface area (Å²) >= 11 is 0. The lowest BCUT2D eigenvalue weighted by molar-refractivity contribution is 0.0994. The third-order valence-corrected chi connectivity index (χ3v) is 3.51. The van der Waals surface area contributed by atoms with Crippen molar-refractivity contribution in [2.24, 2.45) is 0 Å². The van der Waals surface area contributed by atoms with Gasteiger partial charge >= 0.3 is 0 Å². The van der Waals surface area contributed by atoms with Gasteiger partial charge in [0, 0.05) is 31.5 Å². The monoisotopic (exact) mass is 282 g/mol. The molecule has 1 amide bonds. The second-order valence-electron chi connectivity index (χ2n) is 4.71. The number of fused-ring (bicyclic) bond motifs is 2. The molecule has 3 rings (SSSR count). The van der Waals surface area contributed by atoms with Crippen molar-refractivity contribution < 1.29 is 9.59 Å². The fourth-order valence-electron chi connectivity index (χ4n) is 2.46. The SMILES string of the molecule is CCN1c2ncc(C=O)cc2C(=O)N(C)c2cccnc21. The van der Waals surface area contributed by atoms with Crippen molar-refractivity contribution in [1.29, 1.82) is 0 Å².